The molecule has 4 nitrogen and oxygen atoms in total. The van der Waals surface area contributed by atoms with Crippen LogP contribution in [0.2, 0.25) is 0 Å². The zero-order valence-electron chi connectivity index (χ0n) is 10.8. The summed E-state index contributed by atoms with van der Waals surface area (Å²) >= 11 is 1.64. The number of aromatic nitrogens is 1. The molecule has 1 fully saturated rings. The standard InChI is InChI=1S/C14H16N2O2S/c1-2-18-13(17)11-7-5-9-16(11)14-15-10-6-3-4-8-12(10)19-14/h3-4,6,8,11H,2,5,7,9H2,1H3. The molecule has 2 aromatic rings. The molecule has 1 aliphatic rings. The molecule has 0 N–H and O–H groups in total. The maximum Gasteiger partial charge on any atom is 0.328 e. The van der Waals surface area contributed by atoms with Crippen LogP contribution < -0.4 is 4.90 Å². The summed E-state index contributed by atoms with van der Waals surface area (Å²) in [5.74, 6) is -0.126. The van der Waals surface area contributed by atoms with Gasteiger partial charge in [0.05, 0.1) is 16.8 Å². The second kappa shape index (κ2) is 5.17. The summed E-state index contributed by atoms with van der Waals surface area (Å²) in [5, 5.41) is 0.928. The van der Waals surface area contributed by atoms with Crippen molar-refractivity contribution in [2.75, 3.05) is 18.1 Å². The quantitative estimate of drug-likeness (QED) is 0.808. The van der Waals surface area contributed by atoms with Gasteiger partial charge in [0.1, 0.15) is 6.04 Å². The molecule has 2 heterocycles. The third kappa shape index (κ3) is 2.30. The number of benzene rings is 1. The number of ether oxygens (including phenoxy) is 1. The number of esters is 1. The van der Waals surface area contributed by atoms with E-state index >= 15 is 0 Å². The predicted molar refractivity (Wildman–Crippen MR) is 76.6 cm³/mol. The van der Waals surface area contributed by atoms with E-state index < -0.39 is 0 Å². The summed E-state index contributed by atoms with van der Waals surface area (Å²) in [4.78, 5) is 18.7. The van der Waals surface area contributed by atoms with Crippen LogP contribution in [0.4, 0.5) is 5.13 Å². The first kappa shape index (κ1) is 12.4. The molecule has 0 bridgehead atoms. The Morgan fingerprint density at radius 3 is 3.16 bits per heavy atom. The maximum atomic E-state index is 12.0. The van der Waals surface area contributed by atoms with Crippen molar-refractivity contribution in [1.29, 1.82) is 0 Å². The summed E-state index contributed by atoms with van der Waals surface area (Å²) in [7, 11) is 0. The van der Waals surface area contributed by atoms with Crippen molar-refractivity contribution in [3.05, 3.63) is 24.3 Å². The molecule has 1 aromatic heterocycles. The summed E-state index contributed by atoms with van der Waals surface area (Å²) in [6.45, 7) is 3.15. The summed E-state index contributed by atoms with van der Waals surface area (Å²) < 4.78 is 6.31. The minimum absolute atomic E-state index is 0.126. The molecule has 5 heteroatoms. The molecule has 1 aliphatic heterocycles. The van der Waals surface area contributed by atoms with Gasteiger partial charge in [-0.25, -0.2) is 9.78 Å². The van der Waals surface area contributed by atoms with Gasteiger partial charge in [-0.3, -0.25) is 0 Å². The Morgan fingerprint density at radius 1 is 1.53 bits per heavy atom. The highest BCUT2D eigenvalue weighted by Crippen LogP contribution is 2.33. The van der Waals surface area contributed by atoms with Gasteiger partial charge in [-0.2, -0.15) is 0 Å². The van der Waals surface area contributed by atoms with E-state index in [1.807, 2.05) is 25.1 Å². The van der Waals surface area contributed by atoms with Gasteiger partial charge in [0.25, 0.3) is 0 Å². The second-order valence-electron chi connectivity index (χ2n) is 4.57. The van der Waals surface area contributed by atoms with Crippen LogP contribution in [-0.4, -0.2) is 30.1 Å². The van der Waals surface area contributed by atoms with Crippen molar-refractivity contribution >= 4 is 32.7 Å². The van der Waals surface area contributed by atoms with Crippen molar-refractivity contribution in [3.63, 3.8) is 0 Å². The monoisotopic (exact) mass is 276 g/mol. The van der Waals surface area contributed by atoms with Crippen LogP contribution in [0.5, 0.6) is 0 Å². The summed E-state index contributed by atoms with van der Waals surface area (Å²) in [6.07, 6.45) is 1.87. The SMILES string of the molecule is CCOC(=O)C1CCCN1c1nc2ccccc2s1. The molecule has 19 heavy (non-hydrogen) atoms. The van der Waals surface area contributed by atoms with E-state index in [1.165, 1.54) is 0 Å². The Kier molecular flexibility index (Phi) is 3.38. The smallest absolute Gasteiger partial charge is 0.328 e. The van der Waals surface area contributed by atoms with Gasteiger partial charge in [-0.15, -0.1) is 0 Å². The van der Waals surface area contributed by atoms with Crippen molar-refractivity contribution in [2.45, 2.75) is 25.8 Å². The van der Waals surface area contributed by atoms with Crippen LogP contribution in [0.1, 0.15) is 19.8 Å². The molecule has 100 valence electrons. The number of rotatable bonds is 3. The van der Waals surface area contributed by atoms with E-state index in [9.17, 15) is 4.79 Å². The van der Waals surface area contributed by atoms with Crippen LogP contribution in [0.3, 0.4) is 0 Å². The first-order valence-corrected chi connectivity index (χ1v) is 7.40. The largest absolute Gasteiger partial charge is 0.464 e. The number of hydrogen-bond acceptors (Lipinski definition) is 5. The van der Waals surface area contributed by atoms with E-state index in [2.05, 4.69) is 16.0 Å². The topological polar surface area (TPSA) is 42.4 Å². The Balaban J connectivity index is 1.89. The van der Waals surface area contributed by atoms with Crippen LogP contribution in [0, 0.1) is 0 Å². The van der Waals surface area contributed by atoms with Crippen LogP contribution in [0.25, 0.3) is 10.2 Å². The fourth-order valence-electron chi connectivity index (χ4n) is 2.46. The van der Waals surface area contributed by atoms with E-state index in [0.29, 0.717) is 6.61 Å². The highest BCUT2D eigenvalue weighted by molar-refractivity contribution is 7.22. The van der Waals surface area contributed by atoms with Gasteiger partial charge in [-0.1, -0.05) is 23.5 Å². The molecule has 0 spiro atoms. The zero-order valence-corrected chi connectivity index (χ0v) is 11.7. The number of thiazole rings is 1. The Morgan fingerprint density at radius 2 is 2.37 bits per heavy atom. The van der Waals surface area contributed by atoms with Gasteiger partial charge in [0.2, 0.25) is 0 Å². The normalized spacial score (nSPS) is 19.0. The molecule has 1 saturated heterocycles. The number of carbonyl (C=O) groups excluding carboxylic acids is 1. The number of para-hydroxylation sites is 1. The van der Waals surface area contributed by atoms with Crippen molar-refractivity contribution < 1.29 is 9.53 Å². The highest BCUT2D eigenvalue weighted by atomic mass is 32.1. The third-order valence-corrected chi connectivity index (χ3v) is 4.41. The molecule has 0 saturated carbocycles. The average Bonchev–Trinajstić information content (AvgIpc) is 3.05. The number of anilines is 1. The lowest BCUT2D eigenvalue weighted by atomic mass is 10.2. The number of carbonyl (C=O) groups is 1. The minimum Gasteiger partial charge on any atom is -0.464 e. The lowest BCUT2D eigenvalue weighted by Gasteiger charge is -2.21. The second-order valence-corrected chi connectivity index (χ2v) is 5.58. The Bertz CT molecular complexity index is 563. The molecule has 0 radical (unpaired) electrons. The van der Waals surface area contributed by atoms with Crippen LogP contribution in [-0.2, 0) is 9.53 Å². The molecule has 0 amide bonds. The first-order chi connectivity index (χ1) is 9.29. The molecule has 3 rings (SSSR count). The molecular formula is C14H16N2O2S. The van der Waals surface area contributed by atoms with E-state index in [1.54, 1.807) is 11.3 Å². The van der Waals surface area contributed by atoms with Crippen molar-refractivity contribution in [3.8, 4) is 0 Å². The highest BCUT2D eigenvalue weighted by Gasteiger charge is 2.33. The minimum atomic E-state index is -0.166. The van der Waals surface area contributed by atoms with E-state index in [-0.39, 0.29) is 12.0 Å². The lowest BCUT2D eigenvalue weighted by molar-refractivity contribution is -0.144. The van der Waals surface area contributed by atoms with Gasteiger partial charge >= 0.3 is 5.97 Å². The Hall–Kier alpha value is -1.62. The molecule has 1 aromatic carbocycles. The molecule has 1 unspecified atom stereocenters. The molecule has 1 atom stereocenters. The predicted octanol–water partition coefficient (Wildman–Crippen LogP) is 2.83. The van der Waals surface area contributed by atoms with E-state index in [0.717, 1.165) is 34.7 Å². The summed E-state index contributed by atoms with van der Waals surface area (Å²) in [5.41, 5.74) is 0.997. The lowest BCUT2D eigenvalue weighted by Crippen LogP contribution is -2.37. The Labute approximate surface area is 116 Å². The van der Waals surface area contributed by atoms with Crippen molar-refractivity contribution in [1.82, 2.24) is 4.98 Å². The fraction of sp³-hybridized carbons (Fsp3) is 0.429. The van der Waals surface area contributed by atoms with E-state index in [4.69, 9.17) is 4.74 Å². The summed E-state index contributed by atoms with van der Waals surface area (Å²) in [6, 6.07) is 7.90. The van der Waals surface area contributed by atoms with Gasteiger partial charge in [0.15, 0.2) is 5.13 Å². The third-order valence-electron chi connectivity index (χ3n) is 3.34. The van der Waals surface area contributed by atoms with Gasteiger partial charge in [0, 0.05) is 6.54 Å². The van der Waals surface area contributed by atoms with Crippen molar-refractivity contribution in [2.24, 2.45) is 0 Å². The molecular weight excluding hydrogens is 260 g/mol. The van der Waals surface area contributed by atoms with Gasteiger partial charge < -0.3 is 9.64 Å². The van der Waals surface area contributed by atoms with Gasteiger partial charge in [-0.05, 0) is 31.9 Å². The fourth-order valence-corrected chi connectivity index (χ4v) is 3.50. The maximum absolute atomic E-state index is 12.0. The zero-order chi connectivity index (χ0) is 13.2. The van der Waals surface area contributed by atoms with Crippen LogP contribution >= 0.6 is 11.3 Å². The number of fused-ring (bicyclic) bond motifs is 1. The first-order valence-electron chi connectivity index (χ1n) is 6.58. The number of hydrogen-bond donors (Lipinski definition) is 0. The number of nitrogens with zero attached hydrogens (tertiary/aromatic N) is 2. The van der Waals surface area contributed by atoms with Crippen LogP contribution in [0.15, 0.2) is 24.3 Å². The average molecular weight is 276 g/mol. The molecule has 0 aliphatic carbocycles.